The molecule has 140 valence electrons. The smallest absolute Gasteiger partial charge is 0.248 e. The molecule has 2 aromatic rings. The van der Waals surface area contributed by atoms with Crippen LogP contribution in [0.15, 0.2) is 54.6 Å². The molecule has 1 aliphatic heterocycles. The predicted octanol–water partition coefficient (Wildman–Crippen LogP) is 1.68. The largest absolute Gasteiger partial charge is 0.496 e. The van der Waals surface area contributed by atoms with Crippen LogP contribution in [0.25, 0.3) is 0 Å². The number of amides is 3. The molecule has 1 heterocycles. The Morgan fingerprint density at radius 1 is 0.963 bits per heavy atom. The van der Waals surface area contributed by atoms with E-state index in [4.69, 9.17) is 4.74 Å². The molecule has 0 N–H and O–H groups in total. The Labute approximate surface area is 158 Å². The number of para-hydroxylation sites is 1. The fraction of sp³-hybridized carbons (Fsp3) is 0.286. The van der Waals surface area contributed by atoms with E-state index in [2.05, 4.69) is 0 Å². The highest BCUT2D eigenvalue weighted by Gasteiger charge is 2.33. The number of ether oxygens (including phenoxy) is 1. The van der Waals surface area contributed by atoms with Crippen LogP contribution in [0.5, 0.6) is 5.75 Å². The van der Waals surface area contributed by atoms with E-state index in [1.165, 1.54) is 9.80 Å². The van der Waals surface area contributed by atoms with Crippen molar-refractivity contribution in [3.05, 3.63) is 65.7 Å². The second kappa shape index (κ2) is 8.49. The summed E-state index contributed by atoms with van der Waals surface area (Å²) in [4.78, 5) is 39.9. The standard InChI is InChI=1S/C21H22N2O4/c1-27-18-10-6-5-9-17(18)13-19(24)22-14-20(25)23(21(26)15-22)12-11-16-7-3-2-4-8-16/h2-10H,11-15H2,1H3. The maximum atomic E-state index is 12.6. The molecule has 6 heteroatoms. The molecule has 1 aliphatic rings. The quantitative estimate of drug-likeness (QED) is 0.730. The summed E-state index contributed by atoms with van der Waals surface area (Å²) < 4.78 is 5.25. The number of hydrogen-bond acceptors (Lipinski definition) is 4. The Hall–Kier alpha value is -3.15. The molecule has 1 saturated heterocycles. The Morgan fingerprint density at radius 3 is 2.26 bits per heavy atom. The number of benzene rings is 2. The average Bonchev–Trinajstić information content (AvgIpc) is 2.68. The summed E-state index contributed by atoms with van der Waals surface area (Å²) in [5, 5.41) is 0. The van der Waals surface area contributed by atoms with Gasteiger partial charge in [0.05, 0.1) is 13.5 Å². The van der Waals surface area contributed by atoms with Crippen molar-refractivity contribution in [1.29, 1.82) is 0 Å². The maximum Gasteiger partial charge on any atom is 0.248 e. The normalized spacial score (nSPS) is 14.4. The van der Waals surface area contributed by atoms with Crippen LogP contribution in [-0.2, 0) is 27.2 Å². The van der Waals surface area contributed by atoms with Crippen molar-refractivity contribution in [2.45, 2.75) is 12.8 Å². The number of nitrogens with zero attached hydrogens (tertiary/aromatic N) is 2. The lowest BCUT2D eigenvalue weighted by atomic mass is 10.1. The molecule has 27 heavy (non-hydrogen) atoms. The van der Waals surface area contributed by atoms with Crippen molar-refractivity contribution >= 4 is 17.7 Å². The zero-order chi connectivity index (χ0) is 19.2. The highest BCUT2D eigenvalue weighted by Crippen LogP contribution is 2.19. The van der Waals surface area contributed by atoms with Crippen molar-refractivity contribution < 1.29 is 19.1 Å². The Balaban J connectivity index is 1.60. The lowest BCUT2D eigenvalue weighted by Gasteiger charge is -2.32. The molecule has 3 amide bonds. The molecule has 6 nitrogen and oxygen atoms in total. The molecule has 0 radical (unpaired) electrons. The van der Waals surface area contributed by atoms with Crippen LogP contribution in [0.2, 0.25) is 0 Å². The second-order valence-corrected chi connectivity index (χ2v) is 6.41. The van der Waals surface area contributed by atoms with Crippen molar-refractivity contribution in [2.24, 2.45) is 0 Å². The first-order valence-electron chi connectivity index (χ1n) is 8.85. The SMILES string of the molecule is COc1ccccc1CC(=O)N1CC(=O)N(CCc2ccccc2)C(=O)C1. The molecule has 0 atom stereocenters. The van der Waals surface area contributed by atoms with Crippen molar-refractivity contribution in [3.8, 4) is 5.75 Å². The lowest BCUT2D eigenvalue weighted by Crippen LogP contribution is -2.56. The van der Waals surface area contributed by atoms with Gasteiger partial charge in [-0.15, -0.1) is 0 Å². The van der Waals surface area contributed by atoms with Crippen LogP contribution in [0.4, 0.5) is 0 Å². The van der Waals surface area contributed by atoms with Gasteiger partial charge in [-0.1, -0.05) is 48.5 Å². The van der Waals surface area contributed by atoms with E-state index in [0.29, 0.717) is 18.7 Å². The van der Waals surface area contributed by atoms with E-state index in [0.717, 1.165) is 11.1 Å². The van der Waals surface area contributed by atoms with Crippen LogP contribution in [-0.4, -0.2) is 54.3 Å². The Kier molecular flexibility index (Phi) is 5.86. The van der Waals surface area contributed by atoms with E-state index in [1.807, 2.05) is 42.5 Å². The Morgan fingerprint density at radius 2 is 1.59 bits per heavy atom. The highest BCUT2D eigenvalue weighted by atomic mass is 16.5. The van der Waals surface area contributed by atoms with Gasteiger partial charge in [0.25, 0.3) is 0 Å². The van der Waals surface area contributed by atoms with Crippen LogP contribution >= 0.6 is 0 Å². The summed E-state index contributed by atoms with van der Waals surface area (Å²) in [6.45, 7) is 0.180. The topological polar surface area (TPSA) is 66.9 Å². The van der Waals surface area contributed by atoms with Crippen LogP contribution < -0.4 is 4.74 Å². The third kappa shape index (κ3) is 4.53. The first-order chi connectivity index (χ1) is 13.1. The first kappa shape index (κ1) is 18.6. The lowest BCUT2D eigenvalue weighted by molar-refractivity contribution is -0.156. The van der Waals surface area contributed by atoms with Gasteiger partial charge in [0.1, 0.15) is 18.8 Å². The van der Waals surface area contributed by atoms with E-state index >= 15 is 0 Å². The van der Waals surface area contributed by atoms with Gasteiger partial charge < -0.3 is 9.64 Å². The van der Waals surface area contributed by atoms with E-state index in [9.17, 15) is 14.4 Å². The number of methoxy groups -OCH3 is 1. The molecule has 0 saturated carbocycles. The summed E-state index contributed by atoms with van der Waals surface area (Å²) in [5.41, 5.74) is 1.80. The van der Waals surface area contributed by atoms with Gasteiger partial charge in [-0.2, -0.15) is 0 Å². The van der Waals surface area contributed by atoms with Gasteiger partial charge >= 0.3 is 0 Å². The minimum absolute atomic E-state index is 0.0749. The highest BCUT2D eigenvalue weighted by molar-refractivity contribution is 6.02. The second-order valence-electron chi connectivity index (χ2n) is 6.41. The van der Waals surface area contributed by atoms with Crippen molar-refractivity contribution in [1.82, 2.24) is 9.80 Å². The molecule has 1 fully saturated rings. The average molecular weight is 366 g/mol. The van der Waals surface area contributed by atoms with Crippen molar-refractivity contribution in [3.63, 3.8) is 0 Å². The molecule has 0 spiro atoms. The van der Waals surface area contributed by atoms with Gasteiger partial charge in [-0.3, -0.25) is 19.3 Å². The zero-order valence-electron chi connectivity index (χ0n) is 15.3. The monoisotopic (exact) mass is 366 g/mol. The van der Waals surface area contributed by atoms with Crippen LogP contribution in [0.3, 0.4) is 0 Å². The summed E-state index contributed by atoms with van der Waals surface area (Å²) in [6, 6.07) is 16.9. The molecular weight excluding hydrogens is 344 g/mol. The van der Waals surface area contributed by atoms with Crippen LogP contribution in [0.1, 0.15) is 11.1 Å². The number of carbonyl (C=O) groups excluding carboxylic acids is 3. The van der Waals surface area contributed by atoms with Crippen molar-refractivity contribution in [2.75, 3.05) is 26.7 Å². The summed E-state index contributed by atoms with van der Waals surface area (Å²) in [6.07, 6.45) is 0.696. The fourth-order valence-corrected chi connectivity index (χ4v) is 3.13. The van der Waals surface area contributed by atoms with Crippen LogP contribution in [0, 0.1) is 0 Å². The van der Waals surface area contributed by atoms with Gasteiger partial charge in [0.2, 0.25) is 17.7 Å². The summed E-state index contributed by atoms with van der Waals surface area (Å²) in [7, 11) is 1.54. The van der Waals surface area contributed by atoms with Gasteiger partial charge in [0, 0.05) is 12.1 Å². The molecule has 3 rings (SSSR count). The van der Waals surface area contributed by atoms with Gasteiger partial charge in [0.15, 0.2) is 0 Å². The number of carbonyl (C=O) groups is 3. The Bertz CT molecular complexity index is 817. The minimum Gasteiger partial charge on any atom is -0.496 e. The molecule has 0 aliphatic carbocycles. The number of imide groups is 1. The van der Waals surface area contributed by atoms with E-state index in [1.54, 1.807) is 19.2 Å². The maximum absolute atomic E-state index is 12.6. The van der Waals surface area contributed by atoms with E-state index < -0.39 is 0 Å². The minimum atomic E-state index is -0.337. The molecular formula is C21H22N2O4. The number of hydrogen-bond donors (Lipinski definition) is 0. The number of piperazine rings is 1. The summed E-state index contributed by atoms with van der Waals surface area (Å²) in [5.74, 6) is -0.319. The number of rotatable bonds is 6. The predicted molar refractivity (Wildman–Crippen MR) is 100 cm³/mol. The fourth-order valence-electron chi connectivity index (χ4n) is 3.13. The molecule has 0 unspecified atom stereocenters. The molecule has 2 aromatic carbocycles. The molecule has 0 aromatic heterocycles. The van der Waals surface area contributed by atoms with E-state index in [-0.39, 0.29) is 37.2 Å². The molecule has 0 bridgehead atoms. The van der Waals surface area contributed by atoms with Gasteiger partial charge in [-0.05, 0) is 18.1 Å². The van der Waals surface area contributed by atoms with Gasteiger partial charge in [-0.25, -0.2) is 0 Å². The third-order valence-corrected chi connectivity index (χ3v) is 4.61. The first-order valence-corrected chi connectivity index (χ1v) is 8.85. The third-order valence-electron chi connectivity index (χ3n) is 4.61. The summed E-state index contributed by atoms with van der Waals surface area (Å²) >= 11 is 0. The zero-order valence-corrected chi connectivity index (χ0v) is 15.3.